The Morgan fingerprint density at radius 2 is 1.93 bits per heavy atom. The van der Waals surface area contributed by atoms with Crippen molar-refractivity contribution < 1.29 is 14.4 Å². The predicted octanol–water partition coefficient (Wildman–Crippen LogP) is 3.14. The Hall–Kier alpha value is -3.15. The molecule has 0 radical (unpaired) electrons. The highest BCUT2D eigenvalue weighted by Gasteiger charge is 2.23. The molecule has 1 aliphatic heterocycles. The Kier molecular flexibility index (Phi) is 5.78. The maximum Gasteiger partial charge on any atom is 0.254 e. The molecule has 6 nitrogen and oxygen atoms in total. The molecule has 0 aliphatic carbocycles. The highest BCUT2D eigenvalue weighted by atomic mass is 16.2. The van der Waals surface area contributed by atoms with Gasteiger partial charge < -0.3 is 15.1 Å². The molecule has 0 saturated carbocycles. The van der Waals surface area contributed by atoms with Crippen LogP contribution in [-0.2, 0) is 9.59 Å². The van der Waals surface area contributed by atoms with Crippen LogP contribution < -0.4 is 10.2 Å². The number of rotatable bonds is 5. The Bertz CT molecular complexity index is 923. The number of carbonyl (C=O) groups is 3. The van der Waals surface area contributed by atoms with Gasteiger partial charge in [0.25, 0.3) is 5.91 Å². The van der Waals surface area contributed by atoms with Crippen molar-refractivity contribution in [2.45, 2.75) is 26.7 Å². The maximum absolute atomic E-state index is 12.7. The summed E-state index contributed by atoms with van der Waals surface area (Å²) in [5.41, 5.74) is 3.95. The summed E-state index contributed by atoms with van der Waals surface area (Å²) in [6.45, 7) is 4.50. The van der Waals surface area contributed by atoms with E-state index < -0.39 is 0 Å². The van der Waals surface area contributed by atoms with Crippen LogP contribution >= 0.6 is 0 Å². The zero-order valence-electron chi connectivity index (χ0n) is 16.5. The van der Waals surface area contributed by atoms with Gasteiger partial charge in [-0.3, -0.25) is 14.4 Å². The zero-order valence-corrected chi connectivity index (χ0v) is 16.5. The van der Waals surface area contributed by atoms with Crippen molar-refractivity contribution >= 4 is 29.1 Å². The van der Waals surface area contributed by atoms with Crippen molar-refractivity contribution in [1.82, 2.24) is 4.90 Å². The van der Waals surface area contributed by atoms with E-state index in [1.807, 2.05) is 38.1 Å². The molecule has 0 bridgehead atoms. The summed E-state index contributed by atoms with van der Waals surface area (Å²) in [7, 11) is 1.60. The lowest BCUT2D eigenvalue weighted by Gasteiger charge is -2.20. The Morgan fingerprint density at radius 1 is 1.14 bits per heavy atom. The third-order valence-corrected chi connectivity index (χ3v) is 4.87. The van der Waals surface area contributed by atoms with E-state index in [2.05, 4.69) is 5.32 Å². The van der Waals surface area contributed by atoms with Crippen LogP contribution in [0.15, 0.2) is 42.5 Å². The Labute approximate surface area is 165 Å². The standard InChI is InChI=1S/C22H25N3O3/c1-15-9-10-16(2)19(12-15)23-20(26)14-24(3)22(28)17-6-4-7-18(13-17)25-11-5-8-21(25)27/h4,6-7,9-10,12-13H,5,8,11,14H2,1-3H3,(H,23,26). The van der Waals surface area contributed by atoms with Gasteiger partial charge in [-0.05, 0) is 55.7 Å². The van der Waals surface area contributed by atoms with Crippen LogP contribution in [-0.4, -0.2) is 42.8 Å². The molecule has 0 unspecified atom stereocenters. The normalized spacial score (nSPS) is 13.5. The quantitative estimate of drug-likeness (QED) is 0.868. The second-order valence-electron chi connectivity index (χ2n) is 7.23. The number of carbonyl (C=O) groups excluding carboxylic acids is 3. The van der Waals surface area contributed by atoms with Crippen molar-refractivity contribution in [1.29, 1.82) is 0 Å². The van der Waals surface area contributed by atoms with Gasteiger partial charge in [0.1, 0.15) is 0 Å². The lowest BCUT2D eigenvalue weighted by Crippen LogP contribution is -2.35. The molecule has 1 saturated heterocycles. The molecule has 28 heavy (non-hydrogen) atoms. The highest BCUT2D eigenvalue weighted by molar-refractivity contribution is 6.01. The first-order valence-corrected chi connectivity index (χ1v) is 9.38. The lowest BCUT2D eigenvalue weighted by molar-refractivity contribution is -0.117. The van der Waals surface area contributed by atoms with Crippen LogP contribution in [0.3, 0.4) is 0 Å². The van der Waals surface area contributed by atoms with Gasteiger partial charge in [-0.15, -0.1) is 0 Å². The predicted molar refractivity (Wildman–Crippen MR) is 110 cm³/mol. The van der Waals surface area contributed by atoms with E-state index in [0.717, 1.165) is 28.9 Å². The Balaban J connectivity index is 1.66. The fourth-order valence-electron chi connectivity index (χ4n) is 3.30. The summed E-state index contributed by atoms with van der Waals surface area (Å²) in [5, 5.41) is 2.86. The van der Waals surface area contributed by atoms with Crippen LogP contribution in [0.25, 0.3) is 0 Å². The van der Waals surface area contributed by atoms with E-state index in [-0.39, 0.29) is 24.3 Å². The molecule has 1 heterocycles. The summed E-state index contributed by atoms with van der Waals surface area (Å²) < 4.78 is 0. The largest absolute Gasteiger partial charge is 0.332 e. The molecule has 6 heteroatoms. The molecule has 3 rings (SSSR count). The van der Waals surface area contributed by atoms with Crippen molar-refractivity contribution in [3.05, 3.63) is 59.2 Å². The van der Waals surface area contributed by atoms with Gasteiger partial charge in [0.2, 0.25) is 11.8 Å². The number of anilines is 2. The number of hydrogen-bond donors (Lipinski definition) is 1. The molecule has 1 N–H and O–H groups in total. The van der Waals surface area contributed by atoms with E-state index in [1.165, 1.54) is 4.90 Å². The van der Waals surface area contributed by atoms with Crippen molar-refractivity contribution in [3.8, 4) is 0 Å². The summed E-state index contributed by atoms with van der Waals surface area (Å²) in [4.78, 5) is 40.1. The summed E-state index contributed by atoms with van der Waals surface area (Å²) >= 11 is 0. The van der Waals surface area contributed by atoms with E-state index in [4.69, 9.17) is 0 Å². The minimum atomic E-state index is -0.260. The smallest absolute Gasteiger partial charge is 0.254 e. The number of aryl methyl sites for hydroxylation is 2. The molecular weight excluding hydrogens is 354 g/mol. The molecule has 2 aromatic rings. The first-order chi connectivity index (χ1) is 13.3. The van der Waals surface area contributed by atoms with Gasteiger partial charge in [0, 0.05) is 37.0 Å². The minimum Gasteiger partial charge on any atom is -0.332 e. The molecule has 146 valence electrons. The van der Waals surface area contributed by atoms with Gasteiger partial charge in [-0.1, -0.05) is 18.2 Å². The van der Waals surface area contributed by atoms with Gasteiger partial charge in [0.05, 0.1) is 6.54 Å². The first-order valence-electron chi connectivity index (χ1n) is 9.38. The second-order valence-corrected chi connectivity index (χ2v) is 7.23. The van der Waals surface area contributed by atoms with Gasteiger partial charge in [-0.25, -0.2) is 0 Å². The number of nitrogens with one attached hydrogen (secondary N) is 1. The van der Waals surface area contributed by atoms with Gasteiger partial charge >= 0.3 is 0 Å². The zero-order chi connectivity index (χ0) is 20.3. The summed E-state index contributed by atoms with van der Waals surface area (Å²) in [6, 6.07) is 12.8. The van der Waals surface area contributed by atoms with Crippen LogP contribution in [0, 0.1) is 13.8 Å². The minimum absolute atomic E-state index is 0.0565. The van der Waals surface area contributed by atoms with E-state index in [0.29, 0.717) is 18.5 Å². The molecule has 2 aromatic carbocycles. The van der Waals surface area contributed by atoms with Crippen LogP contribution in [0.5, 0.6) is 0 Å². The molecule has 3 amide bonds. The average Bonchev–Trinajstić information content (AvgIpc) is 3.10. The lowest BCUT2D eigenvalue weighted by atomic mass is 10.1. The third-order valence-electron chi connectivity index (χ3n) is 4.87. The molecule has 1 aliphatic rings. The fraction of sp³-hybridized carbons (Fsp3) is 0.318. The number of nitrogens with zero attached hydrogens (tertiary/aromatic N) is 2. The number of benzene rings is 2. The maximum atomic E-state index is 12.7. The summed E-state index contributed by atoms with van der Waals surface area (Å²) in [5.74, 6) is -0.439. The first kappa shape index (κ1) is 19.6. The number of hydrogen-bond acceptors (Lipinski definition) is 3. The van der Waals surface area contributed by atoms with E-state index in [1.54, 1.807) is 30.1 Å². The number of amides is 3. The van der Waals surface area contributed by atoms with Crippen LogP contribution in [0.4, 0.5) is 11.4 Å². The van der Waals surface area contributed by atoms with Crippen molar-refractivity contribution in [3.63, 3.8) is 0 Å². The second kappa shape index (κ2) is 8.25. The van der Waals surface area contributed by atoms with E-state index in [9.17, 15) is 14.4 Å². The van der Waals surface area contributed by atoms with Crippen molar-refractivity contribution in [2.75, 3.05) is 30.4 Å². The molecular formula is C22H25N3O3. The van der Waals surface area contributed by atoms with Crippen LogP contribution in [0.2, 0.25) is 0 Å². The average molecular weight is 379 g/mol. The topological polar surface area (TPSA) is 69.7 Å². The fourth-order valence-corrected chi connectivity index (χ4v) is 3.30. The summed E-state index contributed by atoms with van der Waals surface area (Å²) in [6.07, 6.45) is 1.37. The SMILES string of the molecule is Cc1ccc(C)c(NC(=O)CN(C)C(=O)c2cccc(N3CCCC3=O)c2)c1. The van der Waals surface area contributed by atoms with Crippen molar-refractivity contribution in [2.24, 2.45) is 0 Å². The highest BCUT2D eigenvalue weighted by Crippen LogP contribution is 2.23. The molecule has 0 aromatic heterocycles. The molecule has 1 fully saturated rings. The van der Waals surface area contributed by atoms with E-state index >= 15 is 0 Å². The molecule has 0 atom stereocenters. The monoisotopic (exact) mass is 379 g/mol. The molecule has 0 spiro atoms. The third kappa shape index (κ3) is 4.39. The van der Waals surface area contributed by atoms with Crippen LogP contribution in [0.1, 0.15) is 34.3 Å². The number of likely N-dealkylation sites (N-methyl/N-ethyl adjacent to an activating group) is 1. The van der Waals surface area contributed by atoms with Gasteiger partial charge in [0.15, 0.2) is 0 Å². The Morgan fingerprint density at radius 3 is 2.64 bits per heavy atom. The van der Waals surface area contributed by atoms with Gasteiger partial charge in [-0.2, -0.15) is 0 Å².